The number of alkyl carbamates (subject to hydrolysis) is 1. The van der Waals surface area contributed by atoms with Crippen LogP contribution in [0.3, 0.4) is 0 Å². The molecule has 294 valence electrons. The Kier molecular flexibility index (Phi) is 14.0. The number of aliphatic hydroxyl groups is 1. The molecule has 53 heavy (non-hydrogen) atoms. The van der Waals surface area contributed by atoms with Gasteiger partial charge >= 0.3 is 12.1 Å². The Labute approximate surface area is 322 Å². The average molecular weight is 780 g/mol. The minimum absolute atomic E-state index is 0.00784. The third kappa shape index (κ3) is 9.51. The molecule has 0 aromatic heterocycles. The van der Waals surface area contributed by atoms with Gasteiger partial charge < -0.3 is 38.6 Å². The van der Waals surface area contributed by atoms with E-state index in [9.17, 15) is 24.3 Å². The number of halogens is 1. The molecule has 15 heteroatoms. The largest absolute Gasteiger partial charge is 0.495 e. The molecule has 4 rings (SSSR count). The number of hydrogen-bond donors (Lipinski definition) is 3. The van der Waals surface area contributed by atoms with E-state index < -0.39 is 65.5 Å². The van der Waals surface area contributed by atoms with E-state index in [0.29, 0.717) is 24.3 Å². The number of likely N-dealkylation sites (N-methyl/N-ethyl adjacent to an activating group) is 1. The fourth-order valence-electron chi connectivity index (χ4n) is 7.12. The topological polar surface area (TPSA) is 153 Å². The van der Waals surface area contributed by atoms with Crippen LogP contribution in [0.1, 0.15) is 65.9 Å². The highest BCUT2D eigenvalue weighted by Gasteiger charge is 2.58. The molecule has 2 fully saturated rings. The number of allylic oxidation sites excluding steroid dienone is 3. The first kappa shape index (κ1) is 42.4. The maximum absolute atomic E-state index is 14.2. The van der Waals surface area contributed by atoms with Gasteiger partial charge in [0.15, 0.2) is 5.72 Å². The first-order valence-electron chi connectivity index (χ1n) is 17.8. The molecular formula is C38H54ClN3O10S. The molecule has 4 bridgehead atoms. The van der Waals surface area contributed by atoms with Crippen LogP contribution in [0, 0.1) is 11.3 Å². The molecule has 9 atom stereocenters. The van der Waals surface area contributed by atoms with Gasteiger partial charge in [-0.25, -0.2) is 9.59 Å². The van der Waals surface area contributed by atoms with Crippen molar-refractivity contribution in [3.8, 4) is 5.75 Å². The molecule has 3 amide bonds. The van der Waals surface area contributed by atoms with E-state index in [2.05, 4.69) is 17.9 Å². The van der Waals surface area contributed by atoms with E-state index in [-0.39, 0.29) is 42.0 Å². The van der Waals surface area contributed by atoms with Gasteiger partial charge in [-0.3, -0.25) is 14.9 Å². The number of amides is 3. The standard InChI is InChI=1S/C38H54ClN3O10S/c1-21-11-10-12-29(49-9)38(47)19-28(51-36(46)40-38)23(3)34-37(5,20-50-34)30(52-35(45)24(4)41(6)31(43)14-13-22(2)53)18-32(44)42(7)26-16-25(15-21)17-27(48-8)33(26)39/h10-12,16-17,22-24,28-30,34,47,53H,13-15,18-20H2,1-9H3,(H,40,46). The molecule has 1 aromatic rings. The second kappa shape index (κ2) is 17.4. The summed E-state index contributed by atoms with van der Waals surface area (Å²) < 4.78 is 29.3. The molecule has 2 N–H and O–H groups in total. The van der Waals surface area contributed by atoms with E-state index in [1.807, 2.05) is 39.8 Å². The summed E-state index contributed by atoms with van der Waals surface area (Å²) in [5.41, 5.74) is -0.641. The Bertz CT molecular complexity index is 1610. The van der Waals surface area contributed by atoms with E-state index in [1.54, 1.807) is 32.2 Å². The van der Waals surface area contributed by atoms with Crippen LogP contribution >= 0.6 is 24.2 Å². The van der Waals surface area contributed by atoms with Crippen LogP contribution in [0.5, 0.6) is 5.75 Å². The third-order valence-corrected chi connectivity index (χ3v) is 11.4. The summed E-state index contributed by atoms with van der Waals surface area (Å²) in [6.07, 6.45) is 1.82. The smallest absolute Gasteiger partial charge is 0.409 e. The second-order valence-electron chi connectivity index (χ2n) is 14.8. The molecular weight excluding hydrogens is 726 g/mol. The average Bonchev–Trinajstić information content (AvgIpc) is 3.09. The molecule has 0 saturated carbocycles. The lowest BCUT2D eigenvalue weighted by Gasteiger charge is -2.55. The van der Waals surface area contributed by atoms with Gasteiger partial charge in [0.1, 0.15) is 35.1 Å². The van der Waals surface area contributed by atoms with Crippen molar-refractivity contribution in [1.29, 1.82) is 0 Å². The zero-order chi connectivity index (χ0) is 39.4. The highest BCUT2D eigenvalue weighted by atomic mass is 35.5. The fourth-order valence-corrected chi connectivity index (χ4v) is 7.56. The molecule has 3 heterocycles. The number of hydrogen-bond acceptors (Lipinski definition) is 11. The van der Waals surface area contributed by atoms with Crippen LogP contribution in [-0.4, -0.2) is 110 Å². The third-order valence-electron chi connectivity index (χ3n) is 10.7. The predicted octanol–water partition coefficient (Wildman–Crippen LogP) is 4.86. The first-order chi connectivity index (χ1) is 24.8. The Morgan fingerprint density at radius 1 is 1.25 bits per heavy atom. The molecule has 0 aliphatic carbocycles. The number of anilines is 1. The van der Waals surface area contributed by atoms with Gasteiger partial charge in [0, 0.05) is 40.0 Å². The Hall–Kier alpha value is -3.30. The van der Waals surface area contributed by atoms with E-state index in [0.717, 1.165) is 11.1 Å². The number of nitrogens with zero attached hydrogens (tertiary/aromatic N) is 2. The molecule has 3 aliphatic heterocycles. The van der Waals surface area contributed by atoms with Crippen LogP contribution in [-0.2, 0) is 39.8 Å². The van der Waals surface area contributed by atoms with Crippen molar-refractivity contribution in [2.45, 2.75) is 108 Å². The lowest BCUT2D eigenvalue weighted by molar-refractivity contribution is -0.261. The number of esters is 1. The lowest BCUT2D eigenvalue weighted by atomic mass is 9.67. The predicted molar refractivity (Wildman–Crippen MR) is 203 cm³/mol. The molecule has 9 unspecified atom stereocenters. The Morgan fingerprint density at radius 3 is 2.55 bits per heavy atom. The minimum Gasteiger partial charge on any atom is -0.495 e. The second-order valence-corrected chi connectivity index (χ2v) is 16.1. The van der Waals surface area contributed by atoms with Crippen molar-refractivity contribution < 1.29 is 48.0 Å². The summed E-state index contributed by atoms with van der Waals surface area (Å²) in [7, 11) is 6.06. The number of thiol groups is 1. The van der Waals surface area contributed by atoms with Crippen LogP contribution < -0.4 is 15.0 Å². The number of carbonyl (C=O) groups is 4. The van der Waals surface area contributed by atoms with Crippen LogP contribution in [0.4, 0.5) is 10.5 Å². The van der Waals surface area contributed by atoms with Gasteiger partial charge in [-0.05, 0) is 49.6 Å². The summed E-state index contributed by atoms with van der Waals surface area (Å²) >= 11 is 11.1. The summed E-state index contributed by atoms with van der Waals surface area (Å²) in [6, 6.07) is 2.64. The van der Waals surface area contributed by atoms with Crippen molar-refractivity contribution >= 4 is 53.8 Å². The summed E-state index contributed by atoms with van der Waals surface area (Å²) in [4.78, 5) is 56.6. The van der Waals surface area contributed by atoms with Gasteiger partial charge in [-0.2, -0.15) is 12.6 Å². The van der Waals surface area contributed by atoms with Gasteiger partial charge in [-0.15, -0.1) is 0 Å². The molecule has 1 aromatic carbocycles. The van der Waals surface area contributed by atoms with Crippen LogP contribution in [0.25, 0.3) is 0 Å². The number of ether oxygens (including phenoxy) is 5. The first-order valence-corrected chi connectivity index (χ1v) is 18.7. The van der Waals surface area contributed by atoms with Crippen LogP contribution in [0.15, 0.2) is 35.9 Å². The van der Waals surface area contributed by atoms with Crippen molar-refractivity contribution in [2.75, 3.05) is 39.8 Å². The van der Waals surface area contributed by atoms with E-state index in [1.165, 1.54) is 31.1 Å². The molecule has 2 saturated heterocycles. The summed E-state index contributed by atoms with van der Waals surface area (Å²) in [6.45, 7) is 9.17. The zero-order valence-corrected chi connectivity index (χ0v) is 33.7. The number of rotatable bonds is 8. The van der Waals surface area contributed by atoms with Gasteiger partial charge in [-0.1, -0.05) is 56.2 Å². The number of carbonyl (C=O) groups excluding carboxylic acids is 4. The highest BCUT2D eigenvalue weighted by molar-refractivity contribution is 7.80. The maximum atomic E-state index is 14.2. The van der Waals surface area contributed by atoms with Crippen LogP contribution in [0.2, 0.25) is 5.02 Å². The Morgan fingerprint density at radius 2 is 1.94 bits per heavy atom. The van der Waals surface area contributed by atoms with E-state index in [4.69, 9.17) is 35.3 Å². The SMILES string of the molecule is COc1cc2cc(c1Cl)N(C)C(=O)CC(OC(=O)C(C)N(C)C(=O)CCC(C)S)C1(C)COC1C(C)C1CC(O)(NC(=O)O1)C(OC)C=CC=C(C)C2. The van der Waals surface area contributed by atoms with Gasteiger partial charge in [0.2, 0.25) is 11.8 Å². The van der Waals surface area contributed by atoms with Crippen molar-refractivity contribution in [3.05, 3.63) is 46.5 Å². The molecule has 13 nitrogen and oxygen atoms in total. The van der Waals surface area contributed by atoms with Gasteiger partial charge in [0.05, 0.1) is 37.3 Å². The molecule has 3 aliphatic rings. The highest BCUT2D eigenvalue weighted by Crippen LogP contribution is 2.47. The van der Waals surface area contributed by atoms with Crippen molar-refractivity contribution in [1.82, 2.24) is 10.2 Å². The number of benzene rings is 1. The minimum atomic E-state index is -1.83. The number of nitrogens with one attached hydrogen (secondary N) is 1. The van der Waals surface area contributed by atoms with E-state index >= 15 is 0 Å². The summed E-state index contributed by atoms with van der Waals surface area (Å²) in [5.74, 6) is -1.50. The quantitative estimate of drug-likeness (QED) is 0.247. The van der Waals surface area contributed by atoms with Crippen molar-refractivity contribution in [2.24, 2.45) is 11.3 Å². The normalized spacial score (nSPS) is 30.5. The van der Waals surface area contributed by atoms with Gasteiger partial charge in [0.25, 0.3) is 0 Å². The Balaban J connectivity index is 1.78. The number of fused-ring (bicyclic) bond motifs is 5. The lowest BCUT2D eigenvalue weighted by Crippen LogP contribution is -2.67. The molecule has 0 radical (unpaired) electrons. The zero-order valence-electron chi connectivity index (χ0n) is 32.0. The summed E-state index contributed by atoms with van der Waals surface area (Å²) in [5, 5.41) is 14.6. The van der Waals surface area contributed by atoms with Crippen molar-refractivity contribution in [3.63, 3.8) is 0 Å². The monoisotopic (exact) mass is 779 g/mol. The maximum Gasteiger partial charge on any atom is 0.409 e. The fraction of sp³-hybridized carbons (Fsp3) is 0.632. The number of methoxy groups -OCH3 is 2. The molecule has 0 spiro atoms.